The predicted molar refractivity (Wildman–Crippen MR) is 73.6 cm³/mol. The van der Waals surface area contributed by atoms with Gasteiger partial charge in [-0.1, -0.05) is 0 Å². The van der Waals surface area contributed by atoms with Crippen molar-refractivity contribution in [2.75, 3.05) is 24.2 Å². The molecule has 5 heteroatoms. The first-order chi connectivity index (χ1) is 8.22. The van der Waals surface area contributed by atoms with E-state index in [1.165, 1.54) is 0 Å². The lowest BCUT2D eigenvalue weighted by molar-refractivity contribution is 0.0855. The van der Waals surface area contributed by atoms with Crippen molar-refractivity contribution in [3.63, 3.8) is 0 Å². The van der Waals surface area contributed by atoms with E-state index in [1.54, 1.807) is 11.3 Å². The van der Waals surface area contributed by atoms with Gasteiger partial charge in [0, 0.05) is 13.2 Å². The molecule has 0 spiro atoms. The van der Waals surface area contributed by atoms with Crippen molar-refractivity contribution < 1.29 is 4.74 Å². The second-order valence-electron chi connectivity index (χ2n) is 3.87. The lowest BCUT2D eigenvalue weighted by atomic mass is 10.2. The van der Waals surface area contributed by atoms with Gasteiger partial charge in [-0.2, -0.15) is 0 Å². The minimum absolute atomic E-state index is 0.172. The second-order valence-corrected chi connectivity index (χ2v) is 4.76. The number of thiazole rings is 1. The molecule has 0 fully saturated rings. The third-order valence-electron chi connectivity index (χ3n) is 2.57. The zero-order valence-corrected chi connectivity index (χ0v) is 10.9. The first-order valence-electron chi connectivity index (χ1n) is 5.69. The van der Waals surface area contributed by atoms with E-state index in [2.05, 4.69) is 10.3 Å². The lowest BCUT2D eigenvalue weighted by Crippen LogP contribution is -2.20. The smallest absolute Gasteiger partial charge is 0.106 e. The van der Waals surface area contributed by atoms with E-state index in [9.17, 15) is 0 Å². The first-order valence-corrected chi connectivity index (χ1v) is 6.57. The summed E-state index contributed by atoms with van der Waals surface area (Å²) in [6.45, 7) is 5.50. The van der Waals surface area contributed by atoms with Crippen molar-refractivity contribution in [2.24, 2.45) is 0 Å². The van der Waals surface area contributed by atoms with E-state index in [0.717, 1.165) is 29.1 Å². The standard InChI is InChI=1S/C12H17N3OS/c1-3-16-8(2)6-14-9-4-5-10-12(11(9)13)15-7-17-10/h4-5,7-8,14H,3,6,13H2,1-2H3. The predicted octanol–water partition coefficient (Wildman–Crippen LogP) is 2.72. The summed E-state index contributed by atoms with van der Waals surface area (Å²) in [6, 6.07) is 4.03. The van der Waals surface area contributed by atoms with Crippen LogP contribution in [0.2, 0.25) is 0 Å². The minimum Gasteiger partial charge on any atom is -0.395 e. The van der Waals surface area contributed by atoms with E-state index in [1.807, 2.05) is 31.5 Å². The molecular formula is C12H17N3OS. The normalized spacial score (nSPS) is 12.8. The van der Waals surface area contributed by atoms with Crippen LogP contribution in [0.1, 0.15) is 13.8 Å². The molecule has 17 heavy (non-hydrogen) atoms. The molecule has 0 aliphatic heterocycles. The Balaban J connectivity index is 2.10. The van der Waals surface area contributed by atoms with Crippen LogP contribution in [0.15, 0.2) is 17.6 Å². The number of aromatic nitrogens is 1. The Morgan fingerprint density at radius 2 is 2.35 bits per heavy atom. The van der Waals surface area contributed by atoms with Crippen LogP contribution >= 0.6 is 11.3 Å². The van der Waals surface area contributed by atoms with Gasteiger partial charge >= 0.3 is 0 Å². The van der Waals surface area contributed by atoms with Crippen molar-refractivity contribution in [2.45, 2.75) is 20.0 Å². The summed E-state index contributed by atoms with van der Waals surface area (Å²) in [5.74, 6) is 0. The van der Waals surface area contributed by atoms with Crippen molar-refractivity contribution in [1.29, 1.82) is 0 Å². The number of hydrogen-bond acceptors (Lipinski definition) is 5. The average molecular weight is 251 g/mol. The SMILES string of the molecule is CCOC(C)CNc1ccc2scnc2c1N. The molecule has 1 aromatic heterocycles. The van der Waals surface area contributed by atoms with Gasteiger partial charge in [0.05, 0.1) is 27.7 Å². The molecule has 1 aromatic carbocycles. The van der Waals surface area contributed by atoms with E-state index in [4.69, 9.17) is 10.5 Å². The highest BCUT2D eigenvalue weighted by Gasteiger charge is 2.07. The summed E-state index contributed by atoms with van der Waals surface area (Å²) in [5, 5.41) is 3.29. The summed E-state index contributed by atoms with van der Waals surface area (Å²) < 4.78 is 6.58. The minimum atomic E-state index is 0.172. The largest absolute Gasteiger partial charge is 0.395 e. The van der Waals surface area contributed by atoms with Crippen LogP contribution in [0.4, 0.5) is 11.4 Å². The molecule has 0 aliphatic rings. The van der Waals surface area contributed by atoms with Gasteiger partial charge in [0.2, 0.25) is 0 Å². The zero-order valence-electron chi connectivity index (χ0n) is 10.1. The maximum absolute atomic E-state index is 6.06. The molecule has 0 radical (unpaired) electrons. The highest BCUT2D eigenvalue weighted by atomic mass is 32.1. The molecular weight excluding hydrogens is 234 g/mol. The molecule has 92 valence electrons. The fourth-order valence-corrected chi connectivity index (χ4v) is 2.40. The number of ether oxygens (including phenoxy) is 1. The van der Waals surface area contributed by atoms with E-state index in [0.29, 0.717) is 5.69 Å². The van der Waals surface area contributed by atoms with E-state index in [-0.39, 0.29) is 6.10 Å². The Labute approximate surface area is 105 Å². The fourth-order valence-electron chi connectivity index (χ4n) is 1.70. The second kappa shape index (κ2) is 5.33. The van der Waals surface area contributed by atoms with Crippen LogP contribution in [0, 0.1) is 0 Å². The van der Waals surface area contributed by atoms with Crippen molar-refractivity contribution in [3.05, 3.63) is 17.6 Å². The Morgan fingerprint density at radius 3 is 3.12 bits per heavy atom. The lowest BCUT2D eigenvalue weighted by Gasteiger charge is -2.14. The first kappa shape index (κ1) is 12.1. The van der Waals surface area contributed by atoms with Gasteiger partial charge in [0.25, 0.3) is 0 Å². The van der Waals surface area contributed by atoms with Gasteiger partial charge in [-0.25, -0.2) is 4.98 Å². The van der Waals surface area contributed by atoms with Crippen molar-refractivity contribution in [3.8, 4) is 0 Å². The van der Waals surface area contributed by atoms with Crippen molar-refractivity contribution in [1.82, 2.24) is 4.98 Å². The Morgan fingerprint density at radius 1 is 1.53 bits per heavy atom. The summed E-state index contributed by atoms with van der Waals surface area (Å²) in [4.78, 5) is 4.26. The number of fused-ring (bicyclic) bond motifs is 1. The number of nitrogens with zero attached hydrogens (tertiary/aromatic N) is 1. The van der Waals surface area contributed by atoms with Crippen LogP contribution < -0.4 is 11.1 Å². The average Bonchev–Trinajstić information content (AvgIpc) is 2.77. The van der Waals surface area contributed by atoms with Gasteiger partial charge in [0.15, 0.2) is 0 Å². The number of nitrogens with two attached hydrogens (primary N) is 1. The summed E-state index contributed by atoms with van der Waals surface area (Å²) in [7, 11) is 0. The molecule has 0 saturated heterocycles. The number of nitrogen functional groups attached to an aromatic ring is 1. The highest BCUT2D eigenvalue weighted by Crippen LogP contribution is 2.29. The number of nitrogens with one attached hydrogen (secondary N) is 1. The third-order valence-corrected chi connectivity index (χ3v) is 3.37. The fraction of sp³-hybridized carbons (Fsp3) is 0.417. The number of benzene rings is 1. The van der Waals surface area contributed by atoms with Gasteiger partial charge in [-0.15, -0.1) is 11.3 Å². The van der Waals surface area contributed by atoms with Crippen LogP contribution in [-0.4, -0.2) is 24.2 Å². The maximum atomic E-state index is 6.06. The quantitative estimate of drug-likeness (QED) is 0.802. The van der Waals surface area contributed by atoms with E-state index < -0.39 is 0 Å². The topological polar surface area (TPSA) is 60.2 Å². The van der Waals surface area contributed by atoms with E-state index >= 15 is 0 Å². The Kier molecular flexibility index (Phi) is 3.81. The number of rotatable bonds is 5. The van der Waals surface area contributed by atoms with Gasteiger partial charge in [-0.3, -0.25) is 0 Å². The van der Waals surface area contributed by atoms with Crippen LogP contribution in [0.25, 0.3) is 10.2 Å². The van der Waals surface area contributed by atoms with Crippen molar-refractivity contribution >= 4 is 32.9 Å². The zero-order chi connectivity index (χ0) is 12.3. The molecule has 2 aromatic rings. The Hall–Kier alpha value is -1.33. The van der Waals surface area contributed by atoms with Crippen LogP contribution in [0.5, 0.6) is 0 Å². The summed E-state index contributed by atoms with van der Waals surface area (Å²) >= 11 is 1.60. The molecule has 1 atom stereocenters. The number of anilines is 2. The molecule has 0 aliphatic carbocycles. The summed E-state index contributed by atoms with van der Waals surface area (Å²) in [6.07, 6.45) is 0.172. The van der Waals surface area contributed by atoms with Gasteiger partial charge in [-0.05, 0) is 26.0 Å². The Bertz CT molecular complexity index is 497. The maximum Gasteiger partial charge on any atom is 0.106 e. The number of hydrogen-bond donors (Lipinski definition) is 2. The molecule has 0 amide bonds. The molecule has 2 rings (SSSR count). The molecule has 4 nitrogen and oxygen atoms in total. The van der Waals surface area contributed by atoms with Gasteiger partial charge in [0.1, 0.15) is 5.52 Å². The van der Waals surface area contributed by atoms with Crippen LogP contribution in [-0.2, 0) is 4.74 Å². The molecule has 0 saturated carbocycles. The highest BCUT2D eigenvalue weighted by molar-refractivity contribution is 7.16. The molecule has 3 N–H and O–H groups in total. The summed E-state index contributed by atoms with van der Waals surface area (Å²) in [5.41, 5.74) is 10.4. The molecule has 1 heterocycles. The molecule has 1 unspecified atom stereocenters. The molecule has 0 bridgehead atoms. The van der Waals surface area contributed by atoms with Crippen LogP contribution in [0.3, 0.4) is 0 Å². The van der Waals surface area contributed by atoms with Gasteiger partial charge < -0.3 is 15.8 Å². The monoisotopic (exact) mass is 251 g/mol. The third kappa shape index (κ3) is 2.68.